The van der Waals surface area contributed by atoms with Gasteiger partial charge in [0, 0.05) is 6.04 Å². The molecule has 0 aliphatic heterocycles. The summed E-state index contributed by atoms with van der Waals surface area (Å²) in [5, 5.41) is 15.3. The summed E-state index contributed by atoms with van der Waals surface area (Å²) in [6, 6.07) is 18.9. The first-order valence-electron chi connectivity index (χ1n) is 8.14. The van der Waals surface area contributed by atoms with Gasteiger partial charge in [-0.2, -0.15) is 5.26 Å². The number of nitrogens with one attached hydrogen (secondary N) is 2. The van der Waals surface area contributed by atoms with E-state index in [1.165, 1.54) is 0 Å². The molecule has 0 radical (unpaired) electrons. The molecule has 2 N–H and O–H groups in total. The van der Waals surface area contributed by atoms with Gasteiger partial charge < -0.3 is 5.32 Å². The predicted molar refractivity (Wildman–Crippen MR) is 96.4 cm³/mol. The standard InChI is InChI=1S/C20H23N3O/c1-14(2)19(16-9-5-4-6-10-16)22-15(3)20(24)23-18-12-8-7-11-17(18)13-21/h4-12,14-15,19,22H,1-3H3,(H,23,24)/t15-,19+/m1/s1. The molecule has 0 saturated heterocycles. The maximum atomic E-state index is 12.5. The molecule has 2 aromatic rings. The highest BCUT2D eigenvalue weighted by Crippen LogP contribution is 2.22. The van der Waals surface area contributed by atoms with E-state index in [2.05, 4.69) is 42.7 Å². The minimum atomic E-state index is -0.385. The Hall–Kier alpha value is -2.64. The first-order chi connectivity index (χ1) is 11.5. The molecule has 0 heterocycles. The summed E-state index contributed by atoms with van der Waals surface area (Å²) >= 11 is 0. The van der Waals surface area contributed by atoms with Crippen molar-refractivity contribution < 1.29 is 4.79 Å². The second-order valence-electron chi connectivity index (χ2n) is 6.17. The molecule has 2 atom stereocenters. The number of rotatable bonds is 6. The van der Waals surface area contributed by atoms with Crippen LogP contribution in [0.25, 0.3) is 0 Å². The van der Waals surface area contributed by atoms with E-state index in [4.69, 9.17) is 5.26 Å². The molecule has 124 valence electrons. The zero-order valence-electron chi connectivity index (χ0n) is 14.3. The second kappa shape index (κ2) is 8.28. The molecule has 0 aromatic heterocycles. The van der Waals surface area contributed by atoms with Crippen molar-refractivity contribution in [3.05, 3.63) is 65.7 Å². The van der Waals surface area contributed by atoms with Crippen LogP contribution in [0.4, 0.5) is 5.69 Å². The predicted octanol–water partition coefficient (Wildman–Crippen LogP) is 3.87. The molecule has 0 spiro atoms. The molecule has 0 aliphatic rings. The third kappa shape index (κ3) is 4.43. The highest BCUT2D eigenvalue weighted by molar-refractivity contribution is 5.95. The SMILES string of the molecule is CC(C)[C@H](N[C@H](C)C(=O)Nc1ccccc1C#N)c1ccccc1. The van der Waals surface area contributed by atoms with Crippen LogP contribution in [0.5, 0.6) is 0 Å². The largest absolute Gasteiger partial charge is 0.324 e. The van der Waals surface area contributed by atoms with Gasteiger partial charge in [-0.25, -0.2) is 0 Å². The van der Waals surface area contributed by atoms with Crippen LogP contribution in [-0.2, 0) is 4.79 Å². The zero-order valence-corrected chi connectivity index (χ0v) is 14.3. The lowest BCUT2D eigenvalue weighted by molar-refractivity contribution is -0.118. The molecule has 24 heavy (non-hydrogen) atoms. The van der Waals surface area contributed by atoms with Gasteiger partial charge in [-0.3, -0.25) is 10.1 Å². The van der Waals surface area contributed by atoms with Crippen molar-refractivity contribution >= 4 is 11.6 Å². The quantitative estimate of drug-likeness (QED) is 0.849. The zero-order chi connectivity index (χ0) is 17.5. The maximum Gasteiger partial charge on any atom is 0.241 e. The van der Waals surface area contributed by atoms with E-state index in [1.807, 2.05) is 25.1 Å². The summed E-state index contributed by atoms with van der Waals surface area (Å²) in [4.78, 5) is 12.5. The summed E-state index contributed by atoms with van der Waals surface area (Å²) in [5.74, 6) is 0.188. The number of anilines is 1. The van der Waals surface area contributed by atoms with Gasteiger partial charge in [0.05, 0.1) is 17.3 Å². The number of carbonyl (C=O) groups excluding carboxylic acids is 1. The fourth-order valence-corrected chi connectivity index (χ4v) is 2.61. The molecular weight excluding hydrogens is 298 g/mol. The lowest BCUT2D eigenvalue weighted by Gasteiger charge is -2.26. The van der Waals surface area contributed by atoms with Crippen LogP contribution in [0, 0.1) is 17.2 Å². The minimum absolute atomic E-state index is 0.0816. The molecule has 4 heteroatoms. The number of carbonyl (C=O) groups is 1. The third-order valence-electron chi connectivity index (χ3n) is 3.95. The summed E-state index contributed by atoms with van der Waals surface area (Å²) in [6.07, 6.45) is 0. The molecule has 0 saturated carbocycles. The van der Waals surface area contributed by atoms with Crippen LogP contribution in [0.3, 0.4) is 0 Å². The van der Waals surface area contributed by atoms with Crippen molar-refractivity contribution in [2.75, 3.05) is 5.32 Å². The van der Waals surface area contributed by atoms with Crippen molar-refractivity contribution in [1.82, 2.24) is 5.32 Å². The van der Waals surface area contributed by atoms with Gasteiger partial charge in [-0.05, 0) is 30.5 Å². The van der Waals surface area contributed by atoms with E-state index in [9.17, 15) is 4.79 Å². The normalized spacial score (nSPS) is 13.1. The van der Waals surface area contributed by atoms with Crippen LogP contribution in [0.1, 0.15) is 37.9 Å². The summed E-state index contributed by atoms with van der Waals surface area (Å²) in [6.45, 7) is 6.09. The highest BCUT2D eigenvalue weighted by atomic mass is 16.2. The molecule has 2 rings (SSSR count). The van der Waals surface area contributed by atoms with Gasteiger partial charge in [-0.15, -0.1) is 0 Å². The van der Waals surface area contributed by atoms with Gasteiger partial charge >= 0.3 is 0 Å². The van der Waals surface area contributed by atoms with Crippen molar-refractivity contribution in [2.24, 2.45) is 5.92 Å². The van der Waals surface area contributed by atoms with E-state index in [1.54, 1.807) is 24.3 Å². The number of para-hydroxylation sites is 1. The van der Waals surface area contributed by atoms with Crippen molar-refractivity contribution in [2.45, 2.75) is 32.9 Å². The average Bonchev–Trinajstić information content (AvgIpc) is 2.60. The number of amides is 1. The molecule has 2 aromatic carbocycles. The molecule has 4 nitrogen and oxygen atoms in total. The smallest absolute Gasteiger partial charge is 0.241 e. The van der Waals surface area contributed by atoms with Crippen molar-refractivity contribution in [3.63, 3.8) is 0 Å². The Morgan fingerprint density at radius 2 is 1.62 bits per heavy atom. The number of nitrogens with zero attached hydrogens (tertiary/aromatic N) is 1. The summed E-state index contributed by atoms with van der Waals surface area (Å²) in [5.41, 5.74) is 2.16. The Bertz CT molecular complexity index is 719. The van der Waals surface area contributed by atoms with Crippen molar-refractivity contribution in [1.29, 1.82) is 5.26 Å². The Morgan fingerprint density at radius 1 is 1.00 bits per heavy atom. The minimum Gasteiger partial charge on any atom is -0.324 e. The lowest BCUT2D eigenvalue weighted by Crippen LogP contribution is -2.41. The first-order valence-corrected chi connectivity index (χ1v) is 8.14. The van der Waals surface area contributed by atoms with E-state index >= 15 is 0 Å². The maximum absolute atomic E-state index is 12.5. The third-order valence-corrected chi connectivity index (χ3v) is 3.95. The highest BCUT2D eigenvalue weighted by Gasteiger charge is 2.22. The van der Waals surface area contributed by atoms with Crippen molar-refractivity contribution in [3.8, 4) is 6.07 Å². The molecule has 0 fully saturated rings. The lowest BCUT2D eigenvalue weighted by atomic mass is 9.95. The topological polar surface area (TPSA) is 64.9 Å². The monoisotopic (exact) mass is 321 g/mol. The van der Waals surface area contributed by atoms with E-state index in [-0.39, 0.29) is 18.0 Å². The summed E-state index contributed by atoms with van der Waals surface area (Å²) < 4.78 is 0. The van der Waals surface area contributed by atoms with Gasteiger partial charge in [0.2, 0.25) is 5.91 Å². The van der Waals surface area contributed by atoms with Gasteiger partial charge in [0.1, 0.15) is 6.07 Å². The van der Waals surface area contributed by atoms with E-state index < -0.39 is 0 Å². The Morgan fingerprint density at radius 3 is 2.25 bits per heavy atom. The molecule has 0 aliphatic carbocycles. The molecular formula is C20H23N3O. The van der Waals surface area contributed by atoms with Crippen LogP contribution >= 0.6 is 0 Å². The average molecular weight is 321 g/mol. The molecule has 0 unspecified atom stereocenters. The number of benzene rings is 2. The number of hydrogen-bond donors (Lipinski definition) is 2. The van der Waals surface area contributed by atoms with Gasteiger partial charge in [0.25, 0.3) is 0 Å². The Labute approximate surface area is 143 Å². The summed E-state index contributed by atoms with van der Waals surface area (Å²) in [7, 11) is 0. The van der Waals surface area contributed by atoms with Crippen LogP contribution < -0.4 is 10.6 Å². The van der Waals surface area contributed by atoms with Crippen LogP contribution in [-0.4, -0.2) is 11.9 Å². The molecule has 0 bridgehead atoms. The fraction of sp³-hybridized carbons (Fsp3) is 0.300. The number of nitriles is 1. The Kier molecular flexibility index (Phi) is 6.11. The van der Waals surface area contributed by atoms with Crippen LogP contribution in [0.2, 0.25) is 0 Å². The second-order valence-corrected chi connectivity index (χ2v) is 6.17. The Balaban J connectivity index is 2.08. The van der Waals surface area contributed by atoms with Gasteiger partial charge in [0.15, 0.2) is 0 Å². The number of hydrogen-bond acceptors (Lipinski definition) is 3. The van der Waals surface area contributed by atoms with E-state index in [0.717, 1.165) is 5.56 Å². The van der Waals surface area contributed by atoms with Crippen LogP contribution in [0.15, 0.2) is 54.6 Å². The fourth-order valence-electron chi connectivity index (χ4n) is 2.61. The van der Waals surface area contributed by atoms with Gasteiger partial charge in [-0.1, -0.05) is 56.3 Å². The first kappa shape index (κ1) is 17.7. The molecule has 1 amide bonds. The van der Waals surface area contributed by atoms with E-state index in [0.29, 0.717) is 17.2 Å².